The van der Waals surface area contributed by atoms with Gasteiger partial charge in [0.15, 0.2) is 0 Å². The van der Waals surface area contributed by atoms with Crippen LogP contribution >= 0.6 is 0 Å². The van der Waals surface area contributed by atoms with Crippen molar-refractivity contribution in [3.05, 3.63) is 85.0 Å². The van der Waals surface area contributed by atoms with E-state index in [0.29, 0.717) is 19.8 Å². The molecule has 2 nitrogen and oxygen atoms in total. The van der Waals surface area contributed by atoms with Crippen molar-refractivity contribution in [3.63, 3.8) is 0 Å². The Labute approximate surface area is 176 Å². The van der Waals surface area contributed by atoms with Crippen LogP contribution in [-0.2, 0) is 22.7 Å². The molecule has 0 bridgehead atoms. The van der Waals surface area contributed by atoms with Crippen molar-refractivity contribution >= 4 is 0 Å². The first-order valence-electron chi connectivity index (χ1n) is 10.8. The molecule has 1 saturated carbocycles. The summed E-state index contributed by atoms with van der Waals surface area (Å²) >= 11 is 0. The molecular formula is C27H34O2. The third kappa shape index (κ3) is 6.99. The fourth-order valence-electron chi connectivity index (χ4n) is 4.06. The van der Waals surface area contributed by atoms with Crippen molar-refractivity contribution in [2.75, 3.05) is 13.2 Å². The van der Waals surface area contributed by atoms with Gasteiger partial charge in [-0.1, -0.05) is 60.7 Å². The minimum Gasteiger partial charge on any atom is -0.376 e. The van der Waals surface area contributed by atoms with Gasteiger partial charge >= 0.3 is 0 Å². The molecule has 0 N–H and O–H groups in total. The van der Waals surface area contributed by atoms with Crippen LogP contribution in [0, 0.1) is 11.8 Å². The molecule has 0 amide bonds. The minimum atomic E-state index is 0.585. The lowest BCUT2D eigenvalue weighted by Gasteiger charge is -2.27. The maximum atomic E-state index is 6.02. The molecule has 0 heterocycles. The van der Waals surface area contributed by atoms with Crippen LogP contribution in [0.25, 0.3) is 11.1 Å². The molecule has 0 saturated heterocycles. The third-order valence-electron chi connectivity index (χ3n) is 5.83. The van der Waals surface area contributed by atoms with Crippen LogP contribution in [0.3, 0.4) is 0 Å². The molecule has 1 fully saturated rings. The van der Waals surface area contributed by atoms with E-state index in [4.69, 9.17) is 9.47 Å². The number of rotatable bonds is 11. The van der Waals surface area contributed by atoms with E-state index in [-0.39, 0.29) is 0 Å². The molecule has 2 aromatic rings. The Bertz CT molecular complexity index is 737. The van der Waals surface area contributed by atoms with E-state index in [1.54, 1.807) is 6.08 Å². The lowest BCUT2D eigenvalue weighted by molar-refractivity contribution is 0.0673. The molecule has 29 heavy (non-hydrogen) atoms. The minimum absolute atomic E-state index is 0.585. The largest absolute Gasteiger partial charge is 0.376 e. The fourth-order valence-corrected chi connectivity index (χ4v) is 4.06. The highest BCUT2D eigenvalue weighted by Crippen LogP contribution is 2.31. The molecule has 154 valence electrons. The van der Waals surface area contributed by atoms with Crippen LogP contribution in [0.5, 0.6) is 0 Å². The van der Waals surface area contributed by atoms with Crippen molar-refractivity contribution in [1.82, 2.24) is 0 Å². The van der Waals surface area contributed by atoms with Gasteiger partial charge in [-0.2, -0.15) is 0 Å². The summed E-state index contributed by atoms with van der Waals surface area (Å²) in [6.45, 7) is 10.3. The maximum Gasteiger partial charge on any atom is 0.0721 e. The molecule has 1 aliphatic carbocycles. The summed E-state index contributed by atoms with van der Waals surface area (Å²) in [5.41, 5.74) is 4.87. The summed E-state index contributed by atoms with van der Waals surface area (Å²) in [5, 5.41) is 0. The topological polar surface area (TPSA) is 18.5 Å². The highest BCUT2D eigenvalue weighted by molar-refractivity contribution is 5.63. The number of hydrogen-bond donors (Lipinski definition) is 0. The molecule has 3 rings (SSSR count). The first-order chi connectivity index (χ1) is 14.3. The number of ether oxygens (including phenoxy) is 2. The second-order valence-corrected chi connectivity index (χ2v) is 8.12. The van der Waals surface area contributed by atoms with Crippen molar-refractivity contribution in [2.24, 2.45) is 11.8 Å². The Morgan fingerprint density at radius 2 is 1.21 bits per heavy atom. The van der Waals surface area contributed by atoms with E-state index >= 15 is 0 Å². The standard InChI is InChI=1S/C27H34O2/c1-3-5-22-6-8-23(9-7-22)20-29-21-25-12-16-27(17-13-25)26-14-10-24(11-15-26)19-28-18-4-2/h3-4,10-17,22-23H,1-2,5-9,18-21H2/t22-,23-. The Morgan fingerprint density at radius 1 is 0.690 bits per heavy atom. The van der Waals surface area contributed by atoms with Gasteiger partial charge in [-0.25, -0.2) is 0 Å². The van der Waals surface area contributed by atoms with Gasteiger partial charge in [-0.3, -0.25) is 0 Å². The first kappa shape index (κ1) is 21.5. The van der Waals surface area contributed by atoms with Gasteiger partial charge in [0.1, 0.15) is 0 Å². The highest BCUT2D eigenvalue weighted by Gasteiger charge is 2.20. The normalized spacial score (nSPS) is 19.0. The Hall–Kier alpha value is -2.16. The second kappa shape index (κ2) is 11.7. The summed E-state index contributed by atoms with van der Waals surface area (Å²) in [5.74, 6) is 1.58. The summed E-state index contributed by atoms with van der Waals surface area (Å²) < 4.78 is 11.5. The Kier molecular flexibility index (Phi) is 8.73. The molecule has 0 aliphatic heterocycles. The molecule has 0 radical (unpaired) electrons. The average molecular weight is 391 g/mol. The van der Waals surface area contributed by atoms with Gasteiger partial charge in [-0.05, 0) is 66.2 Å². The number of benzene rings is 2. The van der Waals surface area contributed by atoms with Crippen LogP contribution in [0.4, 0.5) is 0 Å². The summed E-state index contributed by atoms with van der Waals surface area (Å²) in [6, 6.07) is 17.3. The molecular weight excluding hydrogens is 356 g/mol. The zero-order chi connectivity index (χ0) is 20.3. The molecule has 2 heteroatoms. The SMILES string of the molecule is C=CCOCc1ccc(-c2ccc(COC[C@H]3CC[C@H](CC=C)CC3)cc2)cc1. The molecule has 1 aliphatic rings. The zero-order valence-electron chi connectivity index (χ0n) is 17.5. The predicted octanol–water partition coefficient (Wildman–Crippen LogP) is 6.96. The summed E-state index contributed by atoms with van der Waals surface area (Å²) in [4.78, 5) is 0. The van der Waals surface area contributed by atoms with Crippen LogP contribution in [-0.4, -0.2) is 13.2 Å². The molecule has 0 aromatic heterocycles. The van der Waals surface area contributed by atoms with E-state index < -0.39 is 0 Å². The van der Waals surface area contributed by atoms with Gasteiger partial charge in [0.25, 0.3) is 0 Å². The van der Waals surface area contributed by atoms with E-state index in [2.05, 4.69) is 67.8 Å². The molecule has 0 unspecified atom stereocenters. The summed E-state index contributed by atoms with van der Waals surface area (Å²) in [7, 11) is 0. The second-order valence-electron chi connectivity index (χ2n) is 8.12. The van der Waals surface area contributed by atoms with Crippen molar-refractivity contribution < 1.29 is 9.47 Å². The Morgan fingerprint density at radius 3 is 1.72 bits per heavy atom. The predicted molar refractivity (Wildman–Crippen MR) is 122 cm³/mol. The number of allylic oxidation sites excluding steroid dienone is 1. The highest BCUT2D eigenvalue weighted by atomic mass is 16.5. The maximum absolute atomic E-state index is 6.02. The molecule has 0 atom stereocenters. The van der Waals surface area contributed by atoms with E-state index in [1.807, 2.05) is 0 Å². The Balaban J connectivity index is 1.42. The van der Waals surface area contributed by atoms with E-state index in [9.17, 15) is 0 Å². The zero-order valence-corrected chi connectivity index (χ0v) is 17.5. The van der Waals surface area contributed by atoms with E-state index in [1.165, 1.54) is 54.4 Å². The van der Waals surface area contributed by atoms with Crippen LogP contribution in [0.1, 0.15) is 43.2 Å². The van der Waals surface area contributed by atoms with Gasteiger partial charge in [0, 0.05) is 6.61 Å². The van der Waals surface area contributed by atoms with Crippen molar-refractivity contribution in [2.45, 2.75) is 45.3 Å². The average Bonchev–Trinajstić information content (AvgIpc) is 2.76. The first-order valence-corrected chi connectivity index (χ1v) is 10.8. The third-order valence-corrected chi connectivity index (χ3v) is 5.83. The summed E-state index contributed by atoms with van der Waals surface area (Å²) in [6.07, 6.45) is 10.3. The van der Waals surface area contributed by atoms with Crippen LogP contribution < -0.4 is 0 Å². The van der Waals surface area contributed by atoms with Crippen molar-refractivity contribution in [1.29, 1.82) is 0 Å². The lowest BCUT2D eigenvalue weighted by atomic mass is 9.81. The fraction of sp³-hybridized carbons (Fsp3) is 0.407. The van der Waals surface area contributed by atoms with Gasteiger partial charge in [0.2, 0.25) is 0 Å². The smallest absolute Gasteiger partial charge is 0.0721 e. The van der Waals surface area contributed by atoms with Crippen LogP contribution in [0.2, 0.25) is 0 Å². The van der Waals surface area contributed by atoms with Crippen molar-refractivity contribution in [3.8, 4) is 11.1 Å². The van der Waals surface area contributed by atoms with E-state index in [0.717, 1.165) is 18.4 Å². The van der Waals surface area contributed by atoms with Gasteiger partial charge in [0.05, 0.1) is 19.8 Å². The van der Waals surface area contributed by atoms with Gasteiger partial charge < -0.3 is 9.47 Å². The molecule has 2 aromatic carbocycles. The molecule has 0 spiro atoms. The quantitative estimate of drug-likeness (QED) is 0.305. The van der Waals surface area contributed by atoms with Gasteiger partial charge in [-0.15, -0.1) is 13.2 Å². The van der Waals surface area contributed by atoms with Crippen LogP contribution in [0.15, 0.2) is 73.8 Å². The number of hydrogen-bond acceptors (Lipinski definition) is 2. The monoisotopic (exact) mass is 390 g/mol. The lowest BCUT2D eigenvalue weighted by Crippen LogP contribution is -2.18.